The van der Waals surface area contributed by atoms with Crippen LogP contribution in [0.3, 0.4) is 0 Å². The zero-order valence-corrected chi connectivity index (χ0v) is 15.0. The highest BCUT2D eigenvalue weighted by atomic mass is 16.5. The molecule has 2 rings (SSSR count). The number of para-hydroxylation sites is 1. The second-order valence-electron chi connectivity index (χ2n) is 7.57. The number of nitrogens with zero attached hydrogens (tertiary/aromatic N) is 1. The van der Waals surface area contributed by atoms with Crippen LogP contribution in [0.4, 0.5) is 0 Å². The van der Waals surface area contributed by atoms with Gasteiger partial charge in [-0.05, 0) is 37.8 Å². The minimum atomic E-state index is -0.853. The van der Waals surface area contributed by atoms with Gasteiger partial charge in [0.25, 0.3) is 0 Å². The largest absolute Gasteiger partial charge is 0.496 e. The van der Waals surface area contributed by atoms with E-state index >= 15 is 0 Å². The lowest BCUT2D eigenvalue weighted by Crippen LogP contribution is -2.52. The lowest BCUT2D eigenvalue weighted by atomic mass is 9.79. The predicted octanol–water partition coefficient (Wildman–Crippen LogP) is 2.98. The Labute approximate surface area is 143 Å². The summed E-state index contributed by atoms with van der Waals surface area (Å²) in [5.74, 6) is -0.0597. The summed E-state index contributed by atoms with van der Waals surface area (Å²) in [7, 11) is 1.62. The van der Waals surface area contributed by atoms with Gasteiger partial charge in [0, 0.05) is 18.5 Å². The maximum atomic E-state index is 13.0. The number of ether oxygens (including phenoxy) is 1. The van der Waals surface area contributed by atoms with Crippen molar-refractivity contribution < 1.29 is 19.4 Å². The van der Waals surface area contributed by atoms with E-state index in [1.807, 2.05) is 38.1 Å². The molecule has 1 aromatic rings. The summed E-state index contributed by atoms with van der Waals surface area (Å²) in [5.41, 5.74) is -0.490. The molecule has 0 bridgehead atoms. The van der Waals surface area contributed by atoms with Gasteiger partial charge in [-0.3, -0.25) is 9.59 Å². The first kappa shape index (κ1) is 18.3. The molecule has 0 spiro atoms. The van der Waals surface area contributed by atoms with E-state index in [0.717, 1.165) is 17.7 Å². The van der Waals surface area contributed by atoms with Crippen LogP contribution < -0.4 is 4.74 Å². The first-order valence-electron chi connectivity index (χ1n) is 8.34. The Kier molecular flexibility index (Phi) is 5.21. The van der Waals surface area contributed by atoms with Crippen LogP contribution in [0, 0.1) is 10.8 Å². The van der Waals surface area contributed by atoms with Gasteiger partial charge in [0.05, 0.1) is 12.5 Å². The summed E-state index contributed by atoms with van der Waals surface area (Å²) < 4.78 is 5.38. The average Bonchev–Trinajstić information content (AvgIpc) is 2.54. The third-order valence-corrected chi connectivity index (χ3v) is 4.90. The highest BCUT2D eigenvalue weighted by Gasteiger charge is 2.42. The number of benzene rings is 1. The van der Waals surface area contributed by atoms with Crippen LogP contribution in [0.25, 0.3) is 0 Å². The molecular weight excluding hydrogens is 306 g/mol. The summed E-state index contributed by atoms with van der Waals surface area (Å²) in [6.07, 6.45) is 1.88. The topological polar surface area (TPSA) is 66.8 Å². The molecule has 0 aromatic heterocycles. The Hall–Kier alpha value is -2.04. The quantitative estimate of drug-likeness (QED) is 0.899. The lowest BCUT2D eigenvalue weighted by molar-refractivity contribution is -0.155. The minimum Gasteiger partial charge on any atom is -0.496 e. The number of piperidine rings is 1. The Morgan fingerprint density at radius 3 is 2.62 bits per heavy atom. The number of likely N-dealkylation sites (tertiary alicyclic amines) is 1. The SMILES string of the molecule is COc1ccccc1CC(C)(C)C(=O)N1CCCC(C)(C(=O)O)C1. The van der Waals surface area contributed by atoms with Crippen LogP contribution >= 0.6 is 0 Å². The van der Waals surface area contributed by atoms with Crippen molar-refractivity contribution in [2.75, 3.05) is 20.2 Å². The van der Waals surface area contributed by atoms with Gasteiger partial charge in [-0.2, -0.15) is 0 Å². The second kappa shape index (κ2) is 6.83. The van der Waals surface area contributed by atoms with E-state index in [2.05, 4.69) is 0 Å². The molecule has 0 radical (unpaired) electrons. The summed E-state index contributed by atoms with van der Waals surface area (Å²) >= 11 is 0. The molecular formula is C19H27NO4. The van der Waals surface area contributed by atoms with E-state index in [1.54, 1.807) is 18.9 Å². The molecule has 1 unspecified atom stereocenters. The standard InChI is InChI=1S/C19H27NO4/c1-18(2,12-14-8-5-6-9-15(14)24-4)16(21)20-11-7-10-19(3,13-20)17(22)23/h5-6,8-9H,7,10-13H2,1-4H3,(H,22,23). The Morgan fingerprint density at radius 1 is 1.33 bits per heavy atom. The molecule has 24 heavy (non-hydrogen) atoms. The van der Waals surface area contributed by atoms with Crippen LogP contribution in [-0.2, 0) is 16.0 Å². The van der Waals surface area contributed by atoms with Crippen LogP contribution in [0.2, 0.25) is 0 Å². The van der Waals surface area contributed by atoms with Gasteiger partial charge < -0.3 is 14.7 Å². The molecule has 1 fully saturated rings. The fraction of sp³-hybridized carbons (Fsp3) is 0.579. The molecule has 1 N–H and O–H groups in total. The van der Waals surface area contributed by atoms with E-state index in [4.69, 9.17) is 4.74 Å². The van der Waals surface area contributed by atoms with E-state index in [1.165, 1.54) is 0 Å². The third-order valence-electron chi connectivity index (χ3n) is 4.90. The maximum Gasteiger partial charge on any atom is 0.311 e. The van der Waals surface area contributed by atoms with E-state index in [-0.39, 0.29) is 12.5 Å². The van der Waals surface area contributed by atoms with Crippen molar-refractivity contribution in [3.8, 4) is 5.75 Å². The monoisotopic (exact) mass is 333 g/mol. The van der Waals surface area contributed by atoms with E-state index in [0.29, 0.717) is 19.4 Å². The molecule has 5 nitrogen and oxygen atoms in total. The number of methoxy groups -OCH3 is 1. The molecule has 1 aliphatic heterocycles. The number of hydrogen-bond donors (Lipinski definition) is 1. The van der Waals surface area contributed by atoms with Crippen molar-refractivity contribution >= 4 is 11.9 Å². The summed E-state index contributed by atoms with van der Waals surface area (Å²) in [6.45, 7) is 6.44. The summed E-state index contributed by atoms with van der Waals surface area (Å²) in [6, 6.07) is 7.69. The van der Waals surface area contributed by atoms with Gasteiger partial charge in [0.2, 0.25) is 5.91 Å². The Balaban J connectivity index is 2.16. The maximum absolute atomic E-state index is 13.0. The van der Waals surface area contributed by atoms with Gasteiger partial charge >= 0.3 is 5.97 Å². The molecule has 1 heterocycles. The molecule has 1 amide bonds. The first-order chi connectivity index (χ1) is 11.2. The number of rotatable bonds is 5. The van der Waals surface area contributed by atoms with Crippen molar-refractivity contribution in [3.63, 3.8) is 0 Å². The van der Waals surface area contributed by atoms with Gasteiger partial charge in [0.15, 0.2) is 0 Å². The highest BCUT2D eigenvalue weighted by molar-refractivity contribution is 5.84. The smallest absolute Gasteiger partial charge is 0.311 e. The van der Waals surface area contributed by atoms with Crippen molar-refractivity contribution in [2.45, 2.75) is 40.0 Å². The van der Waals surface area contributed by atoms with E-state index in [9.17, 15) is 14.7 Å². The number of aliphatic carboxylic acids is 1. The fourth-order valence-corrected chi connectivity index (χ4v) is 3.42. The van der Waals surface area contributed by atoms with Crippen LogP contribution in [0.15, 0.2) is 24.3 Å². The first-order valence-corrected chi connectivity index (χ1v) is 8.34. The Morgan fingerprint density at radius 2 is 2.00 bits per heavy atom. The second-order valence-corrected chi connectivity index (χ2v) is 7.57. The van der Waals surface area contributed by atoms with Crippen molar-refractivity contribution in [2.24, 2.45) is 10.8 Å². The van der Waals surface area contributed by atoms with Crippen molar-refractivity contribution in [3.05, 3.63) is 29.8 Å². The number of carbonyl (C=O) groups excluding carboxylic acids is 1. The minimum absolute atomic E-state index is 0.000538. The molecule has 5 heteroatoms. The molecule has 0 aliphatic carbocycles. The number of carboxylic acids is 1. The zero-order valence-electron chi connectivity index (χ0n) is 15.0. The summed E-state index contributed by atoms with van der Waals surface area (Å²) in [5, 5.41) is 9.45. The molecule has 0 saturated carbocycles. The average molecular weight is 333 g/mol. The number of amides is 1. The Bertz CT molecular complexity index is 626. The fourth-order valence-electron chi connectivity index (χ4n) is 3.42. The van der Waals surface area contributed by atoms with Crippen molar-refractivity contribution in [1.29, 1.82) is 0 Å². The van der Waals surface area contributed by atoms with Crippen LogP contribution in [0.5, 0.6) is 5.75 Å². The summed E-state index contributed by atoms with van der Waals surface area (Å²) in [4.78, 5) is 26.3. The highest BCUT2D eigenvalue weighted by Crippen LogP contribution is 2.34. The number of hydrogen-bond acceptors (Lipinski definition) is 3. The molecule has 1 atom stereocenters. The molecule has 132 valence electrons. The van der Waals surface area contributed by atoms with Crippen LogP contribution in [-0.4, -0.2) is 42.1 Å². The lowest BCUT2D eigenvalue weighted by Gasteiger charge is -2.41. The number of carboxylic acid groups (broad SMARTS) is 1. The van der Waals surface area contributed by atoms with E-state index < -0.39 is 16.8 Å². The van der Waals surface area contributed by atoms with Crippen LogP contribution in [0.1, 0.15) is 39.2 Å². The van der Waals surface area contributed by atoms with Crippen molar-refractivity contribution in [1.82, 2.24) is 4.90 Å². The third kappa shape index (κ3) is 3.71. The normalized spacial score (nSPS) is 21.4. The van der Waals surface area contributed by atoms with Gasteiger partial charge in [-0.1, -0.05) is 32.0 Å². The van der Waals surface area contributed by atoms with Gasteiger partial charge in [-0.25, -0.2) is 0 Å². The van der Waals surface area contributed by atoms with Gasteiger partial charge in [-0.15, -0.1) is 0 Å². The number of carbonyl (C=O) groups is 2. The van der Waals surface area contributed by atoms with Gasteiger partial charge in [0.1, 0.15) is 5.75 Å². The molecule has 1 aliphatic rings. The molecule has 1 saturated heterocycles. The predicted molar refractivity (Wildman–Crippen MR) is 92.0 cm³/mol. The molecule has 1 aromatic carbocycles. The zero-order chi connectivity index (χ0) is 18.0.